The molecule has 0 aliphatic carbocycles. The molecular formula is C14H12BrCl2NO2S. The molecule has 1 N–H and O–H groups in total. The van der Waals surface area contributed by atoms with Crippen LogP contribution in [0.4, 0.5) is 0 Å². The maximum atomic E-state index is 12.4. The molecule has 21 heavy (non-hydrogen) atoms. The van der Waals surface area contributed by atoms with Gasteiger partial charge in [0, 0.05) is 10.5 Å². The first-order valence-electron chi connectivity index (χ1n) is 6.03. The summed E-state index contributed by atoms with van der Waals surface area (Å²) in [4.78, 5) is 0.192. The first-order chi connectivity index (χ1) is 9.81. The Morgan fingerprint density at radius 3 is 2.38 bits per heavy atom. The smallest absolute Gasteiger partial charge is 0.207 e. The Balaban J connectivity index is 2.28. The summed E-state index contributed by atoms with van der Waals surface area (Å²) >= 11 is 15.1. The SMILES string of the molecule is C[C@@H](NS(=O)(=O)c1ccccc1Br)c1ccc(Cl)c(Cl)c1. The molecule has 0 fully saturated rings. The molecule has 0 amide bonds. The van der Waals surface area contributed by atoms with E-state index in [-0.39, 0.29) is 4.90 Å². The lowest BCUT2D eigenvalue weighted by molar-refractivity contribution is 0.566. The minimum Gasteiger partial charge on any atom is -0.207 e. The van der Waals surface area contributed by atoms with Crippen molar-refractivity contribution in [2.24, 2.45) is 0 Å². The van der Waals surface area contributed by atoms with Gasteiger partial charge in [-0.15, -0.1) is 0 Å². The van der Waals surface area contributed by atoms with Crippen LogP contribution < -0.4 is 4.72 Å². The molecule has 7 heteroatoms. The van der Waals surface area contributed by atoms with Crippen molar-refractivity contribution in [1.29, 1.82) is 0 Å². The van der Waals surface area contributed by atoms with Crippen LogP contribution in [-0.4, -0.2) is 8.42 Å². The molecule has 0 spiro atoms. The maximum absolute atomic E-state index is 12.4. The van der Waals surface area contributed by atoms with Crippen LogP contribution in [-0.2, 0) is 10.0 Å². The fraction of sp³-hybridized carbons (Fsp3) is 0.143. The fourth-order valence-corrected chi connectivity index (χ4v) is 4.35. The normalized spacial score (nSPS) is 13.1. The van der Waals surface area contributed by atoms with E-state index in [9.17, 15) is 8.42 Å². The van der Waals surface area contributed by atoms with Gasteiger partial charge in [0.05, 0.1) is 14.9 Å². The Morgan fingerprint density at radius 2 is 1.76 bits per heavy atom. The quantitative estimate of drug-likeness (QED) is 0.789. The summed E-state index contributed by atoms with van der Waals surface area (Å²) in [6.45, 7) is 1.74. The molecule has 112 valence electrons. The highest BCUT2D eigenvalue weighted by molar-refractivity contribution is 9.10. The van der Waals surface area contributed by atoms with Gasteiger partial charge in [0.2, 0.25) is 10.0 Å². The van der Waals surface area contributed by atoms with Crippen LogP contribution in [0, 0.1) is 0 Å². The number of hydrogen-bond acceptors (Lipinski definition) is 2. The summed E-state index contributed by atoms with van der Waals surface area (Å²) in [5, 5.41) is 0.822. The number of benzene rings is 2. The van der Waals surface area contributed by atoms with Gasteiger partial charge in [-0.2, -0.15) is 0 Å². The van der Waals surface area contributed by atoms with Crippen LogP contribution >= 0.6 is 39.1 Å². The predicted molar refractivity (Wildman–Crippen MR) is 89.3 cm³/mol. The number of sulfonamides is 1. The topological polar surface area (TPSA) is 46.2 Å². The number of nitrogens with one attached hydrogen (secondary N) is 1. The third-order valence-corrected chi connectivity index (χ3v) is 6.19. The summed E-state index contributed by atoms with van der Waals surface area (Å²) in [6.07, 6.45) is 0. The highest BCUT2D eigenvalue weighted by Crippen LogP contribution is 2.27. The standard InChI is InChI=1S/C14H12BrCl2NO2S/c1-9(10-6-7-12(16)13(17)8-10)18-21(19,20)14-5-3-2-4-11(14)15/h2-9,18H,1H3/t9-/m1/s1. The van der Waals surface area contributed by atoms with Gasteiger partial charge in [0.1, 0.15) is 0 Å². The zero-order valence-electron chi connectivity index (χ0n) is 11.0. The van der Waals surface area contributed by atoms with Gasteiger partial charge < -0.3 is 0 Å². The lowest BCUT2D eigenvalue weighted by atomic mass is 10.1. The van der Waals surface area contributed by atoms with E-state index < -0.39 is 16.1 Å². The minimum absolute atomic E-state index is 0.192. The van der Waals surface area contributed by atoms with Crippen molar-refractivity contribution in [1.82, 2.24) is 4.72 Å². The number of halogens is 3. The Morgan fingerprint density at radius 1 is 1.10 bits per heavy atom. The number of rotatable bonds is 4. The van der Waals surface area contributed by atoms with E-state index in [0.29, 0.717) is 14.5 Å². The highest BCUT2D eigenvalue weighted by Gasteiger charge is 2.20. The molecule has 2 aromatic rings. The van der Waals surface area contributed by atoms with Gasteiger partial charge in [-0.05, 0) is 52.7 Å². The second-order valence-corrected chi connectivity index (χ2v) is 7.80. The highest BCUT2D eigenvalue weighted by atomic mass is 79.9. The van der Waals surface area contributed by atoms with E-state index in [1.807, 2.05) is 0 Å². The van der Waals surface area contributed by atoms with Crippen LogP contribution in [0.3, 0.4) is 0 Å². The third kappa shape index (κ3) is 3.99. The first-order valence-corrected chi connectivity index (χ1v) is 9.06. The summed E-state index contributed by atoms with van der Waals surface area (Å²) in [5.74, 6) is 0. The number of hydrogen-bond donors (Lipinski definition) is 1. The molecule has 2 rings (SSSR count). The zero-order valence-corrected chi connectivity index (χ0v) is 14.9. The monoisotopic (exact) mass is 407 g/mol. The largest absolute Gasteiger partial charge is 0.242 e. The molecule has 0 unspecified atom stereocenters. The fourth-order valence-electron chi connectivity index (χ4n) is 1.81. The third-order valence-electron chi connectivity index (χ3n) is 2.90. The lowest BCUT2D eigenvalue weighted by Crippen LogP contribution is -2.27. The van der Waals surface area contributed by atoms with E-state index in [1.54, 1.807) is 43.3 Å². The summed E-state index contributed by atoms with van der Waals surface area (Å²) in [7, 11) is -3.63. The summed E-state index contributed by atoms with van der Waals surface area (Å²) in [6, 6.07) is 11.2. The summed E-state index contributed by atoms with van der Waals surface area (Å²) < 4.78 is 27.9. The van der Waals surface area contributed by atoms with Crippen molar-refractivity contribution in [3.05, 3.63) is 62.5 Å². The Bertz CT molecular complexity index is 765. The van der Waals surface area contributed by atoms with Crippen LogP contribution in [0.5, 0.6) is 0 Å². The van der Waals surface area contributed by atoms with Crippen LogP contribution in [0.15, 0.2) is 51.8 Å². The molecule has 3 nitrogen and oxygen atoms in total. The van der Waals surface area contributed by atoms with Crippen molar-refractivity contribution >= 4 is 49.2 Å². The first kappa shape index (κ1) is 16.8. The van der Waals surface area contributed by atoms with Gasteiger partial charge in [-0.25, -0.2) is 13.1 Å². The van der Waals surface area contributed by atoms with Gasteiger partial charge in [-0.3, -0.25) is 0 Å². The van der Waals surface area contributed by atoms with Crippen molar-refractivity contribution in [3.63, 3.8) is 0 Å². The predicted octanol–water partition coefficient (Wildman–Crippen LogP) is 4.80. The molecule has 0 saturated carbocycles. The Labute approximate surface area is 142 Å². The summed E-state index contributed by atoms with van der Waals surface area (Å²) in [5.41, 5.74) is 0.736. The second kappa shape index (κ2) is 6.67. The minimum atomic E-state index is -3.63. The average Bonchev–Trinajstić information content (AvgIpc) is 2.41. The van der Waals surface area contributed by atoms with Gasteiger partial charge in [-0.1, -0.05) is 41.4 Å². The van der Waals surface area contributed by atoms with Crippen LogP contribution in [0.2, 0.25) is 10.0 Å². The Hall–Kier alpha value is -0.590. The molecule has 1 atom stereocenters. The van der Waals surface area contributed by atoms with Crippen molar-refractivity contribution < 1.29 is 8.42 Å². The lowest BCUT2D eigenvalue weighted by Gasteiger charge is -2.16. The zero-order chi connectivity index (χ0) is 15.6. The van der Waals surface area contributed by atoms with Crippen LogP contribution in [0.1, 0.15) is 18.5 Å². The van der Waals surface area contributed by atoms with E-state index in [0.717, 1.165) is 5.56 Å². The van der Waals surface area contributed by atoms with Crippen molar-refractivity contribution in [3.8, 4) is 0 Å². The van der Waals surface area contributed by atoms with Crippen LogP contribution in [0.25, 0.3) is 0 Å². The molecule has 0 saturated heterocycles. The average molecular weight is 409 g/mol. The molecule has 0 aliphatic rings. The van der Waals surface area contributed by atoms with E-state index in [4.69, 9.17) is 23.2 Å². The van der Waals surface area contributed by atoms with Crippen molar-refractivity contribution in [2.45, 2.75) is 17.9 Å². The van der Waals surface area contributed by atoms with Crippen molar-refractivity contribution in [2.75, 3.05) is 0 Å². The van der Waals surface area contributed by atoms with E-state index in [2.05, 4.69) is 20.7 Å². The second-order valence-electron chi connectivity index (χ2n) is 4.45. The molecule has 2 aromatic carbocycles. The van der Waals surface area contributed by atoms with Gasteiger partial charge in [0.25, 0.3) is 0 Å². The van der Waals surface area contributed by atoms with Gasteiger partial charge >= 0.3 is 0 Å². The molecule has 0 aromatic heterocycles. The Kier molecular flexibility index (Phi) is 5.33. The molecule has 0 bridgehead atoms. The maximum Gasteiger partial charge on any atom is 0.242 e. The molecule has 0 heterocycles. The molecule has 0 radical (unpaired) electrons. The van der Waals surface area contributed by atoms with E-state index in [1.165, 1.54) is 6.07 Å². The molecular weight excluding hydrogens is 397 g/mol. The molecule has 0 aliphatic heterocycles. The van der Waals surface area contributed by atoms with Gasteiger partial charge in [0.15, 0.2) is 0 Å². The van der Waals surface area contributed by atoms with E-state index >= 15 is 0 Å².